The molecule has 0 saturated heterocycles. The second-order valence-corrected chi connectivity index (χ2v) is 4.24. The summed E-state index contributed by atoms with van der Waals surface area (Å²) in [4.78, 5) is 3.83. The number of rotatable bonds is 4. The molecule has 1 aromatic heterocycles. The van der Waals surface area contributed by atoms with Crippen LogP contribution in [-0.4, -0.2) is 4.98 Å². The van der Waals surface area contributed by atoms with E-state index >= 15 is 0 Å². The van der Waals surface area contributed by atoms with Crippen LogP contribution in [0.4, 0.5) is 0 Å². The first kappa shape index (κ1) is 12.8. The van der Waals surface area contributed by atoms with Gasteiger partial charge in [0.05, 0.1) is 10.0 Å². The molecule has 0 aliphatic rings. The largest absolute Gasteiger partial charge is 0.324 e. The van der Waals surface area contributed by atoms with Crippen molar-refractivity contribution in [1.82, 2.24) is 4.98 Å². The summed E-state index contributed by atoms with van der Waals surface area (Å²) in [5.74, 6) is 0. The maximum atomic E-state index is 5.99. The van der Waals surface area contributed by atoms with Crippen molar-refractivity contribution in [2.24, 2.45) is 5.73 Å². The quantitative estimate of drug-likeness (QED) is 0.660. The molecule has 0 bridgehead atoms. The lowest BCUT2D eigenvalue weighted by atomic mass is 10.0. The summed E-state index contributed by atoms with van der Waals surface area (Å²) >= 11 is 17.7. The van der Waals surface area contributed by atoms with Crippen molar-refractivity contribution >= 4 is 34.8 Å². The highest BCUT2D eigenvalue weighted by Gasteiger charge is 2.16. The summed E-state index contributed by atoms with van der Waals surface area (Å²) in [6.45, 7) is 3.63. The molecule has 0 fully saturated rings. The summed E-state index contributed by atoms with van der Waals surface area (Å²) in [5.41, 5.74) is 6.60. The molecule has 0 aromatic carbocycles. The van der Waals surface area contributed by atoms with Gasteiger partial charge in [-0.1, -0.05) is 40.9 Å². The number of nitrogens with zero attached hydrogens (tertiary/aromatic N) is 1. The van der Waals surface area contributed by atoms with Gasteiger partial charge in [0.2, 0.25) is 0 Å². The van der Waals surface area contributed by atoms with E-state index in [0.29, 0.717) is 15.6 Å². The van der Waals surface area contributed by atoms with Crippen LogP contribution in [0.25, 0.3) is 0 Å². The molecule has 0 radical (unpaired) electrons. The first-order valence-corrected chi connectivity index (χ1v) is 5.57. The minimum Gasteiger partial charge on any atom is -0.324 e. The lowest BCUT2D eigenvalue weighted by Gasteiger charge is -2.14. The van der Waals surface area contributed by atoms with Crippen LogP contribution in [0.2, 0.25) is 15.2 Å². The van der Waals surface area contributed by atoms with Gasteiger partial charge < -0.3 is 5.73 Å². The highest BCUT2D eigenvalue weighted by atomic mass is 35.5. The number of hydrogen-bond acceptors (Lipinski definition) is 2. The molecular formula is C10H11Cl3N2. The highest BCUT2D eigenvalue weighted by Crippen LogP contribution is 2.34. The first-order chi connectivity index (χ1) is 7.07. The van der Waals surface area contributed by atoms with Crippen LogP contribution in [0, 0.1) is 0 Å². The SMILES string of the molecule is C=CCC[C@@H](N)c1c(Cl)cnc(Cl)c1Cl. The van der Waals surface area contributed by atoms with Gasteiger partial charge in [-0.3, -0.25) is 0 Å². The van der Waals surface area contributed by atoms with Gasteiger partial charge in [-0.2, -0.15) is 0 Å². The van der Waals surface area contributed by atoms with Gasteiger partial charge in [0.25, 0.3) is 0 Å². The summed E-state index contributed by atoms with van der Waals surface area (Å²) in [5, 5.41) is 1.01. The average molecular weight is 266 g/mol. The van der Waals surface area contributed by atoms with Crippen LogP contribution >= 0.6 is 34.8 Å². The van der Waals surface area contributed by atoms with Crippen LogP contribution in [0.1, 0.15) is 24.4 Å². The van der Waals surface area contributed by atoms with Crippen LogP contribution in [0.3, 0.4) is 0 Å². The Kier molecular flexibility index (Phi) is 4.87. The van der Waals surface area contributed by atoms with E-state index in [-0.39, 0.29) is 11.2 Å². The summed E-state index contributed by atoms with van der Waals surface area (Å²) < 4.78 is 0. The van der Waals surface area contributed by atoms with Gasteiger partial charge in [-0.25, -0.2) is 4.98 Å². The van der Waals surface area contributed by atoms with Gasteiger partial charge in [0.1, 0.15) is 5.15 Å². The first-order valence-electron chi connectivity index (χ1n) is 4.43. The van der Waals surface area contributed by atoms with Crippen molar-refractivity contribution in [3.63, 3.8) is 0 Å². The molecule has 2 nitrogen and oxygen atoms in total. The van der Waals surface area contributed by atoms with Crippen molar-refractivity contribution in [2.75, 3.05) is 0 Å². The fraction of sp³-hybridized carbons (Fsp3) is 0.300. The van der Waals surface area contributed by atoms with Crippen molar-refractivity contribution in [3.8, 4) is 0 Å². The van der Waals surface area contributed by atoms with E-state index in [1.807, 2.05) is 0 Å². The predicted octanol–water partition coefficient (Wildman–Crippen LogP) is 4.01. The van der Waals surface area contributed by atoms with Crippen molar-refractivity contribution < 1.29 is 0 Å². The maximum Gasteiger partial charge on any atom is 0.148 e. The summed E-state index contributed by atoms with van der Waals surface area (Å²) in [6, 6.07) is -0.247. The minimum absolute atomic E-state index is 0.227. The normalized spacial score (nSPS) is 12.5. The minimum atomic E-state index is -0.247. The zero-order chi connectivity index (χ0) is 11.4. The van der Waals surface area contributed by atoms with Gasteiger partial charge in [-0.05, 0) is 12.8 Å². The Morgan fingerprint density at radius 2 is 2.13 bits per heavy atom. The van der Waals surface area contributed by atoms with Crippen LogP contribution in [0.15, 0.2) is 18.9 Å². The third-order valence-corrected chi connectivity index (χ3v) is 3.09. The highest BCUT2D eigenvalue weighted by molar-refractivity contribution is 6.43. The molecule has 1 aromatic rings. The summed E-state index contributed by atoms with van der Waals surface area (Å²) in [6.07, 6.45) is 4.78. The fourth-order valence-electron chi connectivity index (χ4n) is 1.24. The molecule has 0 aliphatic heterocycles. The molecule has 82 valence electrons. The smallest absolute Gasteiger partial charge is 0.148 e. The van der Waals surface area contributed by atoms with E-state index in [0.717, 1.165) is 12.8 Å². The molecule has 5 heteroatoms. The van der Waals surface area contributed by atoms with Crippen LogP contribution in [-0.2, 0) is 0 Å². The molecule has 1 heterocycles. The van der Waals surface area contributed by atoms with Gasteiger partial charge in [0.15, 0.2) is 0 Å². The number of allylic oxidation sites excluding steroid dienone is 1. The molecule has 0 unspecified atom stereocenters. The van der Waals surface area contributed by atoms with Crippen LogP contribution < -0.4 is 5.73 Å². The molecule has 0 spiro atoms. The van der Waals surface area contributed by atoms with Crippen molar-refractivity contribution in [2.45, 2.75) is 18.9 Å². The molecule has 1 rings (SSSR count). The van der Waals surface area contributed by atoms with E-state index < -0.39 is 0 Å². The van der Waals surface area contributed by atoms with E-state index in [9.17, 15) is 0 Å². The molecule has 0 amide bonds. The van der Waals surface area contributed by atoms with E-state index in [4.69, 9.17) is 40.5 Å². The Hall–Kier alpha value is -0.280. The summed E-state index contributed by atoms with van der Waals surface area (Å²) in [7, 11) is 0. The monoisotopic (exact) mass is 264 g/mol. The van der Waals surface area contributed by atoms with Crippen LogP contribution in [0.5, 0.6) is 0 Å². The van der Waals surface area contributed by atoms with Gasteiger partial charge in [-0.15, -0.1) is 6.58 Å². The van der Waals surface area contributed by atoms with Gasteiger partial charge in [0, 0.05) is 17.8 Å². The topological polar surface area (TPSA) is 38.9 Å². The molecule has 0 aliphatic carbocycles. The zero-order valence-corrected chi connectivity index (χ0v) is 10.3. The third-order valence-electron chi connectivity index (χ3n) is 2.02. The standard InChI is InChI=1S/C10H11Cl3N2/c1-2-3-4-7(14)8-6(11)5-15-10(13)9(8)12/h2,5,7H,1,3-4,14H2/t7-/m1/s1. The Morgan fingerprint density at radius 1 is 1.47 bits per heavy atom. The second-order valence-electron chi connectivity index (χ2n) is 3.10. The third kappa shape index (κ3) is 3.08. The number of halogens is 3. The lowest BCUT2D eigenvalue weighted by molar-refractivity contribution is 0.661. The molecule has 15 heavy (non-hydrogen) atoms. The Balaban J connectivity index is 3.01. The number of aromatic nitrogens is 1. The fourth-order valence-corrected chi connectivity index (χ4v) is 2.01. The van der Waals surface area contributed by atoms with Gasteiger partial charge >= 0.3 is 0 Å². The number of nitrogens with two attached hydrogens (primary N) is 1. The van der Waals surface area contributed by atoms with E-state index in [1.165, 1.54) is 6.20 Å². The van der Waals surface area contributed by atoms with E-state index in [1.54, 1.807) is 6.08 Å². The Morgan fingerprint density at radius 3 is 2.73 bits per heavy atom. The molecule has 0 saturated carbocycles. The molecule has 2 N–H and O–H groups in total. The lowest BCUT2D eigenvalue weighted by Crippen LogP contribution is -2.11. The Labute approximate surface area is 104 Å². The maximum absolute atomic E-state index is 5.99. The van der Waals surface area contributed by atoms with E-state index in [2.05, 4.69) is 11.6 Å². The predicted molar refractivity (Wildman–Crippen MR) is 65.6 cm³/mol. The van der Waals surface area contributed by atoms with Crippen molar-refractivity contribution in [3.05, 3.63) is 39.6 Å². The van der Waals surface area contributed by atoms with Crippen molar-refractivity contribution in [1.29, 1.82) is 0 Å². The molecule has 1 atom stereocenters. The zero-order valence-electron chi connectivity index (χ0n) is 8.01. The number of pyridine rings is 1. The Bertz CT molecular complexity index is 366. The molecular weight excluding hydrogens is 254 g/mol. The second kappa shape index (κ2) is 5.71. The average Bonchev–Trinajstić information content (AvgIpc) is 2.21. The number of hydrogen-bond donors (Lipinski definition) is 1.